The van der Waals surface area contributed by atoms with Gasteiger partial charge in [-0.3, -0.25) is 4.79 Å². The van der Waals surface area contributed by atoms with Crippen LogP contribution in [0.4, 0.5) is 0 Å². The van der Waals surface area contributed by atoms with Gasteiger partial charge in [0.2, 0.25) is 10.0 Å². The number of hydrogen-bond donors (Lipinski definition) is 2. The number of halogens is 1. The predicted molar refractivity (Wildman–Crippen MR) is 99.0 cm³/mol. The Morgan fingerprint density at radius 3 is 2.70 bits per heavy atom. The zero-order valence-electron chi connectivity index (χ0n) is 14.1. The summed E-state index contributed by atoms with van der Waals surface area (Å²) in [5.41, 5.74) is 1.20. The van der Waals surface area contributed by atoms with E-state index in [0.29, 0.717) is 10.6 Å². The Bertz CT molecular complexity index is 977. The Kier molecular flexibility index (Phi) is 5.79. The van der Waals surface area contributed by atoms with Gasteiger partial charge in [0.25, 0.3) is 5.91 Å². The molecule has 3 rings (SSSR count). The number of carbonyl (C=O) groups is 2. The van der Waals surface area contributed by atoms with E-state index < -0.39 is 28.0 Å². The first-order valence-corrected chi connectivity index (χ1v) is 10.0. The Hall–Kier alpha value is -2.42. The van der Waals surface area contributed by atoms with Crippen LogP contribution in [0.2, 0.25) is 5.02 Å². The third kappa shape index (κ3) is 4.65. The Morgan fingerprint density at radius 1 is 1.15 bits per heavy atom. The monoisotopic (exact) mass is 408 g/mol. The second-order valence-electron chi connectivity index (χ2n) is 5.90. The molecule has 1 heterocycles. The summed E-state index contributed by atoms with van der Waals surface area (Å²) >= 11 is 5.80. The average molecular weight is 409 g/mol. The summed E-state index contributed by atoms with van der Waals surface area (Å²) in [7, 11) is -3.73. The lowest BCUT2D eigenvalue weighted by Gasteiger charge is -2.23. The third-order valence-electron chi connectivity index (χ3n) is 4.01. The highest BCUT2D eigenvalue weighted by atomic mass is 35.5. The van der Waals surface area contributed by atoms with Gasteiger partial charge in [0.05, 0.1) is 10.5 Å². The molecule has 1 aliphatic rings. The standard InChI is InChI=1S/C18H17ClN2O5S/c19-13-5-3-6-14(11-13)27(24,25)21-9-8-20-17(22)16-10-12-4-1-2-7-15(12)18(23)26-16/h1-7,11,16,21H,8-10H2,(H,20,22). The van der Waals surface area contributed by atoms with Crippen molar-refractivity contribution in [1.82, 2.24) is 10.0 Å². The normalized spacial score (nSPS) is 16.3. The van der Waals surface area contributed by atoms with Gasteiger partial charge in [-0.05, 0) is 29.8 Å². The van der Waals surface area contributed by atoms with Crippen molar-refractivity contribution in [3.05, 3.63) is 64.7 Å². The molecule has 0 aliphatic carbocycles. The van der Waals surface area contributed by atoms with Crippen molar-refractivity contribution < 1.29 is 22.7 Å². The molecule has 9 heteroatoms. The van der Waals surface area contributed by atoms with E-state index in [0.717, 1.165) is 5.56 Å². The van der Waals surface area contributed by atoms with E-state index in [9.17, 15) is 18.0 Å². The summed E-state index contributed by atoms with van der Waals surface area (Å²) in [4.78, 5) is 24.2. The van der Waals surface area contributed by atoms with E-state index in [1.54, 1.807) is 30.3 Å². The van der Waals surface area contributed by atoms with Crippen molar-refractivity contribution >= 4 is 33.5 Å². The number of hydrogen-bond acceptors (Lipinski definition) is 5. The molecule has 1 unspecified atom stereocenters. The number of esters is 1. The number of nitrogens with one attached hydrogen (secondary N) is 2. The van der Waals surface area contributed by atoms with Gasteiger partial charge in [-0.2, -0.15) is 0 Å². The van der Waals surface area contributed by atoms with Gasteiger partial charge in [-0.25, -0.2) is 17.9 Å². The molecule has 7 nitrogen and oxygen atoms in total. The van der Waals surface area contributed by atoms with Crippen molar-refractivity contribution in [3.8, 4) is 0 Å². The highest BCUT2D eigenvalue weighted by molar-refractivity contribution is 7.89. The lowest BCUT2D eigenvalue weighted by Crippen LogP contribution is -2.44. The van der Waals surface area contributed by atoms with Gasteiger partial charge < -0.3 is 10.1 Å². The molecule has 0 bridgehead atoms. The topological polar surface area (TPSA) is 102 Å². The molecule has 1 aliphatic heterocycles. The number of ether oxygens (including phenoxy) is 1. The molecule has 0 saturated heterocycles. The fourth-order valence-electron chi connectivity index (χ4n) is 2.68. The summed E-state index contributed by atoms with van der Waals surface area (Å²) in [6.07, 6.45) is -0.654. The SMILES string of the molecule is O=C1OC(C(=O)NCCNS(=O)(=O)c2cccc(Cl)c2)Cc2ccccc21. The fraction of sp³-hybridized carbons (Fsp3) is 0.222. The summed E-state index contributed by atoms with van der Waals surface area (Å²) in [6.45, 7) is 0.0339. The van der Waals surface area contributed by atoms with Crippen LogP contribution in [0.15, 0.2) is 53.4 Å². The van der Waals surface area contributed by atoms with E-state index in [1.165, 1.54) is 18.2 Å². The molecule has 2 N–H and O–H groups in total. The summed E-state index contributed by atoms with van der Waals surface area (Å²) < 4.78 is 31.8. The Morgan fingerprint density at radius 2 is 1.93 bits per heavy atom. The molecular formula is C18H17ClN2O5S. The number of rotatable bonds is 6. The highest BCUT2D eigenvalue weighted by Gasteiger charge is 2.30. The number of carbonyl (C=O) groups excluding carboxylic acids is 2. The molecule has 2 aromatic carbocycles. The molecule has 0 fully saturated rings. The van der Waals surface area contributed by atoms with Crippen LogP contribution in [0.5, 0.6) is 0 Å². The van der Waals surface area contributed by atoms with Gasteiger partial charge in [0.1, 0.15) is 0 Å². The van der Waals surface area contributed by atoms with E-state index in [4.69, 9.17) is 16.3 Å². The largest absolute Gasteiger partial charge is 0.448 e. The Balaban J connectivity index is 1.51. The van der Waals surface area contributed by atoms with Gasteiger partial charge >= 0.3 is 5.97 Å². The Labute approximate surface area is 161 Å². The van der Waals surface area contributed by atoms with Crippen molar-refractivity contribution in [3.63, 3.8) is 0 Å². The third-order valence-corrected chi connectivity index (χ3v) is 5.70. The lowest BCUT2D eigenvalue weighted by molar-refractivity contribution is -0.130. The van der Waals surface area contributed by atoms with Crippen molar-refractivity contribution in [1.29, 1.82) is 0 Å². The maximum atomic E-state index is 12.2. The van der Waals surface area contributed by atoms with E-state index >= 15 is 0 Å². The molecule has 0 spiro atoms. The first-order chi connectivity index (χ1) is 12.9. The van der Waals surface area contributed by atoms with Crippen molar-refractivity contribution in [2.75, 3.05) is 13.1 Å². The molecular weight excluding hydrogens is 392 g/mol. The predicted octanol–water partition coefficient (Wildman–Crippen LogP) is 1.52. The number of cyclic esters (lactones) is 1. The maximum absolute atomic E-state index is 12.2. The number of fused-ring (bicyclic) bond motifs is 1. The molecule has 142 valence electrons. The first-order valence-electron chi connectivity index (χ1n) is 8.18. The maximum Gasteiger partial charge on any atom is 0.339 e. The first kappa shape index (κ1) is 19.3. The molecule has 2 aromatic rings. The molecule has 0 saturated carbocycles. The lowest BCUT2D eigenvalue weighted by atomic mass is 9.98. The second-order valence-corrected chi connectivity index (χ2v) is 8.10. The van der Waals surface area contributed by atoms with Crippen LogP contribution in [-0.2, 0) is 26.0 Å². The smallest absolute Gasteiger partial charge is 0.339 e. The average Bonchev–Trinajstić information content (AvgIpc) is 2.65. The number of benzene rings is 2. The van der Waals surface area contributed by atoms with Gasteiger partial charge in [-0.15, -0.1) is 0 Å². The summed E-state index contributed by atoms with van der Waals surface area (Å²) in [6, 6.07) is 12.8. The molecule has 0 radical (unpaired) electrons. The van der Waals surface area contributed by atoms with Crippen LogP contribution in [-0.4, -0.2) is 39.5 Å². The van der Waals surface area contributed by atoms with Gasteiger partial charge in [0.15, 0.2) is 6.10 Å². The minimum atomic E-state index is -3.73. The minimum absolute atomic E-state index is 0.0160. The molecule has 1 atom stereocenters. The van der Waals surface area contributed by atoms with Crippen LogP contribution in [0.25, 0.3) is 0 Å². The number of amides is 1. The zero-order chi connectivity index (χ0) is 19.4. The fourth-order valence-corrected chi connectivity index (χ4v) is 4.01. The zero-order valence-corrected chi connectivity index (χ0v) is 15.7. The molecule has 0 aromatic heterocycles. The van der Waals surface area contributed by atoms with Gasteiger partial charge in [-0.1, -0.05) is 35.9 Å². The van der Waals surface area contributed by atoms with Crippen LogP contribution in [0, 0.1) is 0 Å². The highest BCUT2D eigenvalue weighted by Crippen LogP contribution is 2.20. The van der Waals surface area contributed by atoms with Crippen LogP contribution in [0.1, 0.15) is 15.9 Å². The van der Waals surface area contributed by atoms with Crippen LogP contribution in [0.3, 0.4) is 0 Å². The van der Waals surface area contributed by atoms with Gasteiger partial charge in [0, 0.05) is 24.5 Å². The van der Waals surface area contributed by atoms with E-state index in [-0.39, 0.29) is 24.4 Å². The quantitative estimate of drug-likeness (QED) is 0.557. The molecule has 1 amide bonds. The molecule has 27 heavy (non-hydrogen) atoms. The van der Waals surface area contributed by atoms with Crippen LogP contribution < -0.4 is 10.0 Å². The van der Waals surface area contributed by atoms with Crippen molar-refractivity contribution in [2.24, 2.45) is 0 Å². The minimum Gasteiger partial charge on any atom is -0.448 e. The van der Waals surface area contributed by atoms with Crippen LogP contribution >= 0.6 is 11.6 Å². The van der Waals surface area contributed by atoms with E-state index in [1.807, 2.05) is 0 Å². The second kappa shape index (κ2) is 8.08. The van der Waals surface area contributed by atoms with E-state index in [2.05, 4.69) is 10.0 Å². The summed E-state index contributed by atoms with van der Waals surface area (Å²) in [5, 5.41) is 2.88. The summed E-state index contributed by atoms with van der Waals surface area (Å²) in [5.74, 6) is -1.02. The van der Waals surface area contributed by atoms with Crippen molar-refractivity contribution in [2.45, 2.75) is 17.4 Å². The number of sulfonamides is 1.